The van der Waals surface area contributed by atoms with Crippen LogP contribution in [-0.4, -0.2) is 18.6 Å². The zero-order valence-corrected chi connectivity index (χ0v) is 12.6. The van der Waals surface area contributed by atoms with E-state index in [9.17, 15) is 0 Å². The summed E-state index contributed by atoms with van der Waals surface area (Å²) in [4.78, 5) is 6.27. The van der Waals surface area contributed by atoms with E-state index < -0.39 is 0 Å². The van der Waals surface area contributed by atoms with Crippen LogP contribution in [0.15, 0.2) is 47.2 Å². The fourth-order valence-electron chi connectivity index (χ4n) is 1.91. The van der Waals surface area contributed by atoms with Gasteiger partial charge in [0.2, 0.25) is 0 Å². The fraction of sp³-hybridized carbons (Fsp3) is 0.267. The zero-order chi connectivity index (χ0) is 13.7. The number of halogens is 1. The Morgan fingerprint density at radius 3 is 2.58 bits per heavy atom. The Bertz CT molecular complexity index is 528. The predicted molar refractivity (Wildman–Crippen MR) is 83.2 cm³/mol. The number of pyridine rings is 1. The van der Waals surface area contributed by atoms with E-state index in [1.54, 1.807) is 0 Å². The van der Waals surface area contributed by atoms with Crippen molar-refractivity contribution in [1.82, 2.24) is 4.98 Å². The number of hydrogen-bond acceptors (Lipinski definition) is 3. The van der Waals surface area contributed by atoms with Gasteiger partial charge in [-0.05, 0) is 41.8 Å². The summed E-state index contributed by atoms with van der Waals surface area (Å²) in [5.41, 5.74) is 9.29. The highest BCUT2D eigenvalue weighted by atomic mass is 79.9. The van der Waals surface area contributed by atoms with Gasteiger partial charge in [-0.15, -0.1) is 0 Å². The molecule has 0 aliphatic carbocycles. The van der Waals surface area contributed by atoms with Crippen molar-refractivity contribution in [1.29, 1.82) is 0 Å². The molecule has 100 valence electrons. The summed E-state index contributed by atoms with van der Waals surface area (Å²) in [5, 5.41) is 0. The Kier molecular flexibility index (Phi) is 4.93. The van der Waals surface area contributed by atoms with Gasteiger partial charge >= 0.3 is 0 Å². The third-order valence-electron chi connectivity index (χ3n) is 3.18. The average Bonchev–Trinajstić information content (AvgIpc) is 2.45. The highest BCUT2D eigenvalue weighted by Gasteiger charge is 2.04. The first-order chi connectivity index (χ1) is 9.20. The van der Waals surface area contributed by atoms with E-state index in [1.807, 2.05) is 12.4 Å². The number of aromatic nitrogens is 1. The molecule has 0 bridgehead atoms. The van der Waals surface area contributed by atoms with Crippen LogP contribution in [0.3, 0.4) is 0 Å². The molecule has 0 amide bonds. The van der Waals surface area contributed by atoms with E-state index in [0.29, 0.717) is 6.54 Å². The van der Waals surface area contributed by atoms with E-state index >= 15 is 0 Å². The van der Waals surface area contributed by atoms with Gasteiger partial charge in [0.1, 0.15) is 0 Å². The second-order valence-electron chi connectivity index (χ2n) is 4.51. The normalized spacial score (nSPS) is 10.5. The number of nitrogens with zero attached hydrogens (tertiary/aromatic N) is 2. The van der Waals surface area contributed by atoms with E-state index in [0.717, 1.165) is 23.0 Å². The molecule has 0 spiro atoms. The molecule has 4 heteroatoms. The highest BCUT2D eigenvalue weighted by Crippen LogP contribution is 2.23. The maximum Gasteiger partial charge on any atom is 0.0375 e. The number of hydrogen-bond donors (Lipinski definition) is 1. The van der Waals surface area contributed by atoms with E-state index in [1.165, 1.54) is 11.3 Å². The Morgan fingerprint density at radius 2 is 1.95 bits per heavy atom. The number of anilines is 1. The Balaban J connectivity index is 2.00. The molecule has 19 heavy (non-hydrogen) atoms. The molecular weight excluding hydrogens is 302 g/mol. The maximum atomic E-state index is 5.66. The fourth-order valence-corrected chi connectivity index (χ4v) is 2.44. The van der Waals surface area contributed by atoms with Crippen molar-refractivity contribution in [2.75, 3.05) is 18.5 Å². The second kappa shape index (κ2) is 6.68. The van der Waals surface area contributed by atoms with Gasteiger partial charge in [-0.1, -0.05) is 22.0 Å². The molecule has 1 heterocycles. The quantitative estimate of drug-likeness (QED) is 0.921. The van der Waals surface area contributed by atoms with Gasteiger partial charge in [0, 0.05) is 42.7 Å². The number of rotatable bonds is 5. The molecule has 0 atom stereocenters. The summed E-state index contributed by atoms with van der Waals surface area (Å²) < 4.78 is 1.07. The number of benzene rings is 1. The first-order valence-corrected chi connectivity index (χ1v) is 7.08. The smallest absolute Gasteiger partial charge is 0.0375 e. The lowest BCUT2D eigenvalue weighted by Gasteiger charge is -2.20. The molecule has 0 radical (unpaired) electrons. The third-order valence-corrected chi connectivity index (χ3v) is 3.92. The van der Waals surface area contributed by atoms with Gasteiger partial charge in [0.25, 0.3) is 0 Å². The van der Waals surface area contributed by atoms with Crippen LogP contribution in [0, 0.1) is 0 Å². The molecule has 0 fully saturated rings. The molecule has 0 saturated heterocycles. The summed E-state index contributed by atoms with van der Waals surface area (Å²) in [6.07, 6.45) is 4.68. The van der Waals surface area contributed by atoms with Crippen LogP contribution < -0.4 is 10.6 Å². The summed E-state index contributed by atoms with van der Waals surface area (Å²) >= 11 is 3.56. The molecule has 2 rings (SSSR count). The highest BCUT2D eigenvalue weighted by molar-refractivity contribution is 9.10. The van der Waals surface area contributed by atoms with Crippen molar-refractivity contribution in [2.24, 2.45) is 5.73 Å². The minimum absolute atomic E-state index is 0.557. The zero-order valence-electron chi connectivity index (χ0n) is 11.0. The monoisotopic (exact) mass is 319 g/mol. The topological polar surface area (TPSA) is 42.2 Å². The molecule has 0 unspecified atom stereocenters. The molecule has 2 aromatic rings. The molecule has 2 N–H and O–H groups in total. The largest absolute Gasteiger partial charge is 0.374 e. The number of nitrogens with two attached hydrogens (primary N) is 1. The van der Waals surface area contributed by atoms with Crippen LogP contribution in [0.2, 0.25) is 0 Å². The van der Waals surface area contributed by atoms with Crippen LogP contribution in [0.4, 0.5) is 5.69 Å². The Hall–Kier alpha value is -1.39. The van der Waals surface area contributed by atoms with Gasteiger partial charge in [0.05, 0.1) is 0 Å². The van der Waals surface area contributed by atoms with Crippen molar-refractivity contribution in [2.45, 2.75) is 13.0 Å². The Morgan fingerprint density at radius 1 is 1.21 bits per heavy atom. The minimum atomic E-state index is 0.557. The lowest BCUT2D eigenvalue weighted by molar-refractivity contribution is 0.873. The Labute approximate surface area is 122 Å². The predicted octanol–water partition coefficient (Wildman–Crippen LogP) is 2.98. The minimum Gasteiger partial charge on any atom is -0.374 e. The molecular formula is C15H18BrN3. The van der Waals surface area contributed by atoms with E-state index in [-0.39, 0.29) is 0 Å². The van der Waals surface area contributed by atoms with Gasteiger partial charge in [-0.2, -0.15) is 0 Å². The second-order valence-corrected chi connectivity index (χ2v) is 5.36. The molecule has 0 aliphatic rings. The molecule has 0 saturated carbocycles. The standard InChI is InChI=1S/C15H18BrN3/c1-19(9-6-12-4-7-18-8-5-12)14-3-2-13(11-17)15(16)10-14/h2-5,7-8,10H,6,9,11,17H2,1H3. The molecule has 3 nitrogen and oxygen atoms in total. The molecule has 1 aromatic heterocycles. The van der Waals surface area contributed by atoms with Crippen molar-refractivity contribution in [3.63, 3.8) is 0 Å². The van der Waals surface area contributed by atoms with Gasteiger partial charge in [0.15, 0.2) is 0 Å². The first kappa shape index (κ1) is 14.0. The summed E-state index contributed by atoms with van der Waals surface area (Å²) in [6.45, 7) is 1.53. The van der Waals surface area contributed by atoms with Crippen molar-refractivity contribution >= 4 is 21.6 Å². The third kappa shape index (κ3) is 3.78. The van der Waals surface area contributed by atoms with Crippen LogP contribution in [0.5, 0.6) is 0 Å². The summed E-state index contributed by atoms with van der Waals surface area (Å²) in [7, 11) is 2.10. The molecule has 1 aromatic carbocycles. The molecule has 0 aliphatic heterocycles. The van der Waals surface area contributed by atoms with E-state index in [2.05, 4.69) is 63.2 Å². The van der Waals surface area contributed by atoms with Crippen LogP contribution >= 0.6 is 15.9 Å². The van der Waals surface area contributed by atoms with Crippen LogP contribution in [0.25, 0.3) is 0 Å². The summed E-state index contributed by atoms with van der Waals surface area (Å²) in [5.74, 6) is 0. The van der Waals surface area contributed by atoms with Crippen molar-refractivity contribution in [3.8, 4) is 0 Å². The lowest BCUT2D eigenvalue weighted by atomic mass is 10.1. The van der Waals surface area contributed by atoms with Gasteiger partial charge in [-0.25, -0.2) is 0 Å². The summed E-state index contributed by atoms with van der Waals surface area (Å²) in [6, 6.07) is 10.4. The average molecular weight is 320 g/mol. The van der Waals surface area contributed by atoms with Gasteiger partial charge < -0.3 is 10.6 Å². The van der Waals surface area contributed by atoms with Gasteiger partial charge in [-0.3, -0.25) is 4.98 Å². The van der Waals surface area contributed by atoms with Crippen molar-refractivity contribution < 1.29 is 0 Å². The maximum absolute atomic E-state index is 5.66. The van der Waals surface area contributed by atoms with Crippen molar-refractivity contribution in [3.05, 3.63) is 58.3 Å². The lowest BCUT2D eigenvalue weighted by Crippen LogP contribution is -2.20. The first-order valence-electron chi connectivity index (χ1n) is 6.29. The van der Waals surface area contributed by atoms with Crippen LogP contribution in [-0.2, 0) is 13.0 Å². The van der Waals surface area contributed by atoms with E-state index in [4.69, 9.17) is 5.73 Å². The SMILES string of the molecule is CN(CCc1ccncc1)c1ccc(CN)c(Br)c1. The number of likely N-dealkylation sites (N-methyl/N-ethyl adjacent to an activating group) is 1. The van der Waals surface area contributed by atoms with Crippen LogP contribution in [0.1, 0.15) is 11.1 Å².